The van der Waals surface area contributed by atoms with Crippen LogP contribution in [0.25, 0.3) is 0 Å². The van der Waals surface area contributed by atoms with Gasteiger partial charge in [-0.15, -0.1) is 11.3 Å². The van der Waals surface area contributed by atoms with Gasteiger partial charge in [-0.2, -0.15) is 0 Å². The van der Waals surface area contributed by atoms with E-state index in [-0.39, 0.29) is 12.1 Å². The van der Waals surface area contributed by atoms with Crippen molar-refractivity contribution in [1.82, 2.24) is 9.88 Å². The van der Waals surface area contributed by atoms with E-state index in [1.807, 2.05) is 4.90 Å². The van der Waals surface area contributed by atoms with E-state index in [0.29, 0.717) is 19.8 Å². The average Bonchev–Trinajstić information content (AvgIpc) is 2.89. The minimum absolute atomic E-state index is 0.0359. The van der Waals surface area contributed by atoms with Gasteiger partial charge in [0.05, 0.1) is 24.9 Å². The number of fused-ring (bicyclic) bond motifs is 1. The molecule has 1 atom stereocenters. The molecule has 20 heavy (non-hydrogen) atoms. The molecule has 1 aromatic heterocycles. The Labute approximate surface area is 123 Å². The molecule has 0 unspecified atom stereocenters. The van der Waals surface area contributed by atoms with Crippen molar-refractivity contribution in [2.75, 3.05) is 25.1 Å². The zero-order valence-electron chi connectivity index (χ0n) is 11.9. The Bertz CT molecular complexity index is 465. The maximum atomic E-state index is 12.4. The maximum Gasteiger partial charge on any atom is 0.324 e. The lowest BCUT2D eigenvalue weighted by molar-refractivity contribution is 0.0144. The number of thiazole rings is 1. The number of aromatic nitrogens is 1. The van der Waals surface area contributed by atoms with Gasteiger partial charge in [0, 0.05) is 11.4 Å². The Balaban J connectivity index is 1.67. The molecule has 0 radical (unpaired) electrons. The van der Waals surface area contributed by atoms with Crippen molar-refractivity contribution in [2.24, 2.45) is 0 Å². The molecule has 1 aliphatic heterocycles. The molecule has 1 aliphatic carbocycles. The summed E-state index contributed by atoms with van der Waals surface area (Å²) in [6, 6.07) is 0.143. The number of urea groups is 1. The predicted octanol–water partition coefficient (Wildman–Crippen LogP) is 2.66. The van der Waals surface area contributed by atoms with E-state index < -0.39 is 0 Å². The Hall–Kier alpha value is -1.14. The molecule has 1 fully saturated rings. The number of rotatable bonds is 2. The summed E-state index contributed by atoms with van der Waals surface area (Å²) in [5, 5.41) is 3.72. The number of aryl methyl sites for hydroxylation is 2. The van der Waals surface area contributed by atoms with Gasteiger partial charge in [-0.3, -0.25) is 5.32 Å². The number of morpholine rings is 1. The Morgan fingerprint density at radius 3 is 3.15 bits per heavy atom. The summed E-state index contributed by atoms with van der Waals surface area (Å²) in [4.78, 5) is 20.2. The summed E-state index contributed by atoms with van der Waals surface area (Å²) >= 11 is 1.64. The highest BCUT2D eigenvalue weighted by atomic mass is 32.1. The van der Waals surface area contributed by atoms with Gasteiger partial charge in [0.2, 0.25) is 0 Å². The van der Waals surface area contributed by atoms with Crippen LogP contribution in [-0.4, -0.2) is 41.7 Å². The Kier molecular flexibility index (Phi) is 4.21. The lowest BCUT2D eigenvalue weighted by Gasteiger charge is -2.34. The van der Waals surface area contributed by atoms with Crippen LogP contribution in [0.1, 0.15) is 36.8 Å². The predicted molar refractivity (Wildman–Crippen MR) is 79.4 cm³/mol. The minimum Gasteiger partial charge on any atom is -0.377 e. The molecule has 1 saturated heterocycles. The molecule has 2 heterocycles. The van der Waals surface area contributed by atoms with Crippen LogP contribution in [-0.2, 0) is 17.6 Å². The topological polar surface area (TPSA) is 54.5 Å². The third-order valence-corrected chi connectivity index (χ3v) is 5.09. The standard InChI is InChI=1S/C14H21N3O2S/c1-2-10-9-19-8-7-17(10)14(18)16-13-15-11-5-3-4-6-12(11)20-13/h10H,2-9H2,1H3,(H,15,16,18)/t10-/m0/s1. The van der Waals surface area contributed by atoms with Gasteiger partial charge in [0.1, 0.15) is 0 Å². The fourth-order valence-electron chi connectivity index (χ4n) is 2.83. The van der Waals surface area contributed by atoms with E-state index in [1.54, 1.807) is 11.3 Å². The second-order valence-electron chi connectivity index (χ2n) is 5.36. The van der Waals surface area contributed by atoms with E-state index >= 15 is 0 Å². The molecule has 6 heteroatoms. The lowest BCUT2D eigenvalue weighted by Crippen LogP contribution is -2.50. The number of amides is 2. The number of carbonyl (C=O) groups excluding carboxylic acids is 1. The van der Waals surface area contributed by atoms with Crippen LogP contribution in [0.15, 0.2) is 0 Å². The fraction of sp³-hybridized carbons (Fsp3) is 0.714. The van der Waals surface area contributed by atoms with E-state index in [2.05, 4.69) is 17.2 Å². The summed E-state index contributed by atoms with van der Waals surface area (Å²) in [7, 11) is 0. The van der Waals surface area contributed by atoms with Gasteiger partial charge in [0.15, 0.2) is 5.13 Å². The minimum atomic E-state index is -0.0359. The molecule has 0 bridgehead atoms. The zero-order chi connectivity index (χ0) is 13.9. The summed E-state index contributed by atoms with van der Waals surface area (Å²) in [5.74, 6) is 0. The molecule has 1 N–H and O–H groups in total. The summed E-state index contributed by atoms with van der Waals surface area (Å²) in [6.07, 6.45) is 5.53. The number of carbonyl (C=O) groups is 1. The number of ether oxygens (including phenoxy) is 1. The first-order chi connectivity index (χ1) is 9.78. The number of nitrogens with one attached hydrogen (secondary N) is 1. The van der Waals surface area contributed by atoms with E-state index in [9.17, 15) is 4.79 Å². The summed E-state index contributed by atoms with van der Waals surface area (Å²) in [6.45, 7) is 4.01. The number of nitrogens with zero attached hydrogens (tertiary/aromatic N) is 2. The molecule has 2 aliphatic rings. The fourth-order valence-corrected chi connectivity index (χ4v) is 3.87. The Morgan fingerprint density at radius 2 is 2.35 bits per heavy atom. The van der Waals surface area contributed by atoms with Crippen molar-refractivity contribution >= 4 is 22.5 Å². The molecule has 0 aromatic carbocycles. The van der Waals surface area contributed by atoms with Crippen molar-refractivity contribution < 1.29 is 9.53 Å². The second-order valence-corrected chi connectivity index (χ2v) is 6.44. The molecule has 110 valence electrons. The van der Waals surface area contributed by atoms with E-state index in [1.165, 1.54) is 23.4 Å². The van der Waals surface area contributed by atoms with Crippen LogP contribution in [0, 0.1) is 0 Å². The third-order valence-electron chi connectivity index (χ3n) is 4.02. The molecule has 0 saturated carbocycles. The van der Waals surface area contributed by atoms with E-state index in [4.69, 9.17) is 4.74 Å². The van der Waals surface area contributed by atoms with E-state index in [0.717, 1.165) is 24.4 Å². The second kappa shape index (κ2) is 6.10. The first kappa shape index (κ1) is 13.8. The smallest absolute Gasteiger partial charge is 0.324 e. The van der Waals surface area contributed by atoms with Crippen LogP contribution in [0.3, 0.4) is 0 Å². The first-order valence-corrected chi connectivity index (χ1v) is 8.23. The normalized spacial score (nSPS) is 22.4. The highest BCUT2D eigenvalue weighted by molar-refractivity contribution is 7.15. The Morgan fingerprint density at radius 1 is 1.50 bits per heavy atom. The molecular formula is C14H21N3O2S. The van der Waals surface area contributed by atoms with Crippen LogP contribution in [0.2, 0.25) is 0 Å². The zero-order valence-corrected chi connectivity index (χ0v) is 12.7. The number of hydrogen-bond donors (Lipinski definition) is 1. The molecule has 1 aromatic rings. The SMILES string of the molecule is CC[C@H]1COCCN1C(=O)Nc1nc2c(s1)CCCC2. The average molecular weight is 295 g/mol. The van der Waals surface area contributed by atoms with Gasteiger partial charge in [-0.25, -0.2) is 9.78 Å². The third kappa shape index (κ3) is 2.81. The quantitative estimate of drug-likeness (QED) is 0.912. The molecule has 2 amide bonds. The molecule has 5 nitrogen and oxygen atoms in total. The molecule has 3 rings (SSSR count). The van der Waals surface area contributed by atoms with Crippen molar-refractivity contribution in [1.29, 1.82) is 0 Å². The summed E-state index contributed by atoms with van der Waals surface area (Å²) in [5.41, 5.74) is 1.19. The largest absolute Gasteiger partial charge is 0.377 e. The molecule has 0 spiro atoms. The van der Waals surface area contributed by atoms with Crippen molar-refractivity contribution in [3.63, 3.8) is 0 Å². The monoisotopic (exact) mass is 295 g/mol. The van der Waals surface area contributed by atoms with Crippen LogP contribution < -0.4 is 5.32 Å². The highest BCUT2D eigenvalue weighted by Gasteiger charge is 2.27. The van der Waals surface area contributed by atoms with Gasteiger partial charge in [0.25, 0.3) is 0 Å². The highest BCUT2D eigenvalue weighted by Crippen LogP contribution is 2.29. The molecular weight excluding hydrogens is 274 g/mol. The van der Waals surface area contributed by atoms with Crippen LogP contribution in [0.5, 0.6) is 0 Å². The summed E-state index contributed by atoms with van der Waals surface area (Å²) < 4.78 is 5.44. The first-order valence-electron chi connectivity index (χ1n) is 7.42. The van der Waals surface area contributed by atoms with Crippen LogP contribution >= 0.6 is 11.3 Å². The van der Waals surface area contributed by atoms with Gasteiger partial charge in [-0.05, 0) is 32.1 Å². The van der Waals surface area contributed by atoms with Gasteiger partial charge < -0.3 is 9.64 Å². The van der Waals surface area contributed by atoms with Crippen molar-refractivity contribution in [3.05, 3.63) is 10.6 Å². The van der Waals surface area contributed by atoms with Gasteiger partial charge >= 0.3 is 6.03 Å². The lowest BCUT2D eigenvalue weighted by atomic mass is 10.0. The maximum absolute atomic E-state index is 12.4. The van der Waals surface area contributed by atoms with Gasteiger partial charge in [-0.1, -0.05) is 6.92 Å². The van der Waals surface area contributed by atoms with Crippen LogP contribution in [0.4, 0.5) is 9.93 Å². The van der Waals surface area contributed by atoms with Crippen molar-refractivity contribution in [3.8, 4) is 0 Å². The number of hydrogen-bond acceptors (Lipinski definition) is 4. The number of anilines is 1. The van der Waals surface area contributed by atoms with Crippen molar-refractivity contribution in [2.45, 2.75) is 45.1 Å².